The molecule has 2 aliphatic rings. The zero-order chi connectivity index (χ0) is 25.4. The van der Waals surface area contributed by atoms with Gasteiger partial charge >= 0.3 is 0 Å². The summed E-state index contributed by atoms with van der Waals surface area (Å²) in [5, 5.41) is 14.1. The minimum absolute atomic E-state index is 0.0131. The van der Waals surface area contributed by atoms with Crippen LogP contribution in [0, 0.1) is 12.8 Å². The number of rotatable bonds is 7. The van der Waals surface area contributed by atoms with Crippen molar-refractivity contribution in [3.05, 3.63) is 83.9 Å². The normalized spacial score (nSPS) is 14.7. The van der Waals surface area contributed by atoms with Gasteiger partial charge < -0.3 is 10.6 Å². The maximum absolute atomic E-state index is 12.9. The van der Waals surface area contributed by atoms with Gasteiger partial charge in [0, 0.05) is 29.2 Å². The predicted molar refractivity (Wildman–Crippen MR) is 141 cm³/mol. The molecule has 2 saturated carbocycles. The first-order chi connectivity index (χ1) is 18.0. The van der Waals surface area contributed by atoms with Gasteiger partial charge in [-0.15, -0.1) is 0 Å². The number of aryl methyl sites for hydroxylation is 1. The fraction of sp³-hybridized carbons (Fsp3) is 0.241. The van der Waals surface area contributed by atoms with Gasteiger partial charge in [-0.1, -0.05) is 24.3 Å². The smallest absolute Gasteiger partial charge is 0.257 e. The lowest BCUT2D eigenvalue weighted by atomic mass is 9.97. The van der Waals surface area contributed by atoms with Crippen molar-refractivity contribution >= 4 is 23.3 Å². The minimum atomic E-state index is -0.206. The van der Waals surface area contributed by atoms with Crippen LogP contribution in [0.25, 0.3) is 22.4 Å². The third-order valence-corrected chi connectivity index (χ3v) is 6.76. The molecule has 6 rings (SSSR count). The van der Waals surface area contributed by atoms with Crippen LogP contribution in [-0.4, -0.2) is 32.0 Å². The lowest BCUT2D eigenvalue weighted by Crippen LogP contribution is -2.14. The van der Waals surface area contributed by atoms with Gasteiger partial charge in [0.15, 0.2) is 0 Å². The third kappa shape index (κ3) is 5.23. The van der Waals surface area contributed by atoms with E-state index in [0.29, 0.717) is 23.0 Å². The molecule has 8 heteroatoms. The first-order valence-electron chi connectivity index (χ1n) is 12.5. The molecule has 2 heterocycles. The number of carbonyl (C=O) groups excluding carboxylic acids is 2. The Hall–Kier alpha value is -4.46. The molecule has 0 aliphatic heterocycles. The first-order valence-corrected chi connectivity index (χ1v) is 12.5. The molecule has 0 atom stereocenters. The van der Waals surface area contributed by atoms with Crippen LogP contribution in [-0.2, 0) is 4.79 Å². The number of carbonyl (C=O) groups is 2. The number of nitrogens with one attached hydrogen (secondary N) is 2. The Morgan fingerprint density at radius 1 is 0.892 bits per heavy atom. The summed E-state index contributed by atoms with van der Waals surface area (Å²) >= 11 is 0. The summed E-state index contributed by atoms with van der Waals surface area (Å²) in [6.07, 6.45) is 7.05. The van der Waals surface area contributed by atoms with E-state index in [4.69, 9.17) is 0 Å². The summed E-state index contributed by atoms with van der Waals surface area (Å²) in [6, 6.07) is 17.5. The van der Waals surface area contributed by atoms with Gasteiger partial charge in [-0.25, -0.2) is 9.97 Å². The standard InChI is InChI=1S/C29H26N6O2/c1-17-5-10-23(33-29(37)22-12-26(18-6-7-18)35-32-15-22)13-24(17)20-3-2-4-21(11-20)25-14-27(31-16-30-25)34-28(36)19-8-9-19/h2-5,10-16,18-19H,6-9H2,1H3,(H,33,37)(H,30,31,34,36). The van der Waals surface area contributed by atoms with Crippen LogP contribution in [0.15, 0.2) is 67.1 Å². The Labute approximate surface area is 214 Å². The van der Waals surface area contributed by atoms with E-state index in [9.17, 15) is 9.59 Å². The van der Waals surface area contributed by atoms with E-state index in [0.717, 1.165) is 59.3 Å². The maximum Gasteiger partial charge on any atom is 0.257 e. The lowest BCUT2D eigenvalue weighted by molar-refractivity contribution is -0.117. The average molecular weight is 491 g/mol. The van der Waals surface area contributed by atoms with Gasteiger partial charge in [-0.3, -0.25) is 9.59 Å². The molecule has 37 heavy (non-hydrogen) atoms. The monoisotopic (exact) mass is 490 g/mol. The Morgan fingerprint density at radius 2 is 1.73 bits per heavy atom. The summed E-state index contributed by atoms with van der Waals surface area (Å²) in [4.78, 5) is 33.7. The SMILES string of the molecule is Cc1ccc(NC(=O)c2cnnc(C3CC3)c2)cc1-c1cccc(-c2cc(NC(=O)C3CC3)ncn2)c1. The minimum Gasteiger partial charge on any atom is -0.322 e. The van der Waals surface area contributed by atoms with E-state index in [2.05, 4.69) is 36.9 Å². The van der Waals surface area contributed by atoms with E-state index in [-0.39, 0.29) is 17.7 Å². The summed E-state index contributed by atoms with van der Waals surface area (Å²) in [6.45, 7) is 2.04. The number of benzene rings is 2. The molecule has 0 saturated heterocycles. The molecular weight excluding hydrogens is 464 g/mol. The Kier molecular flexibility index (Phi) is 5.92. The second-order valence-corrected chi connectivity index (χ2v) is 9.76. The summed E-state index contributed by atoms with van der Waals surface area (Å²) < 4.78 is 0. The summed E-state index contributed by atoms with van der Waals surface area (Å²) in [5.74, 6) is 0.844. The highest BCUT2D eigenvalue weighted by molar-refractivity contribution is 6.04. The van der Waals surface area contributed by atoms with Crippen LogP contribution < -0.4 is 10.6 Å². The highest BCUT2D eigenvalue weighted by Crippen LogP contribution is 2.39. The van der Waals surface area contributed by atoms with Crippen molar-refractivity contribution in [1.29, 1.82) is 0 Å². The van der Waals surface area contributed by atoms with Crippen molar-refractivity contribution in [2.24, 2.45) is 5.92 Å². The third-order valence-electron chi connectivity index (χ3n) is 6.76. The second kappa shape index (κ2) is 9.54. The van der Waals surface area contributed by atoms with Crippen molar-refractivity contribution in [3.63, 3.8) is 0 Å². The Balaban J connectivity index is 1.24. The van der Waals surface area contributed by atoms with Crippen LogP contribution in [0.5, 0.6) is 0 Å². The zero-order valence-corrected chi connectivity index (χ0v) is 20.4. The zero-order valence-electron chi connectivity index (χ0n) is 20.4. The number of nitrogens with zero attached hydrogens (tertiary/aromatic N) is 4. The van der Waals surface area contributed by atoms with Crippen molar-refractivity contribution in [2.45, 2.75) is 38.5 Å². The fourth-order valence-corrected chi connectivity index (χ4v) is 4.30. The van der Waals surface area contributed by atoms with Crippen molar-refractivity contribution in [3.8, 4) is 22.4 Å². The largest absolute Gasteiger partial charge is 0.322 e. The van der Waals surface area contributed by atoms with Crippen molar-refractivity contribution in [1.82, 2.24) is 20.2 Å². The predicted octanol–water partition coefficient (Wildman–Crippen LogP) is 5.39. The van der Waals surface area contributed by atoms with E-state index in [1.54, 1.807) is 6.07 Å². The average Bonchev–Trinajstić information content (AvgIpc) is 3.83. The van der Waals surface area contributed by atoms with E-state index in [1.807, 2.05) is 49.4 Å². The first kappa shape index (κ1) is 23.0. The number of hydrogen-bond donors (Lipinski definition) is 2. The van der Waals surface area contributed by atoms with E-state index in [1.165, 1.54) is 12.5 Å². The lowest BCUT2D eigenvalue weighted by Gasteiger charge is -2.12. The molecule has 2 aromatic heterocycles. The Bertz CT molecular complexity index is 1510. The molecule has 2 aromatic carbocycles. The van der Waals surface area contributed by atoms with Gasteiger partial charge in [-0.05, 0) is 73.6 Å². The van der Waals surface area contributed by atoms with E-state index >= 15 is 0 Å². The van der Waals surface area contributed by atoms with Gasteiger partial charge in [0.25, 0.3) is 5.91 Å². The number of anilines is 2. The highest BCUT2D eigenvalue weighted by Gasteiger charge is 2.30. The van der Waals surface area contributed by atoms with Gasteiger partial charge in [0.1, 0.15) is 12.1 Å². The van der Waals surface area contributed by atoms with Gasteiger partial charge in [-0.2, -0.15) is 10.2 Å². The molecule has 2 fully saturated rings. The van der Waals surface area contributed by atoms with Gasteiger partial charge in [0.05, 0.1) is 23.1 Å². The van der Waals surface area contributed by atoms with Crippen LogP contribution >= 0.6 is 0 Å². The highest BCUT2D eigenvalue weighted by atomic mass is 16.2. The molecule has 2 amide bonds. The molecular formula is C29H26N6O2. The molecule has 8 nitrogen and oxygen atoms in total. The molecule has 2 aliphatic carbocycles. The van der Waals surface area contributed by atoms with Crippen LogP contribution in [0.3, 0.4) is 0 Å². The quantitative estimate of drug-likeness (QED) is 0.360. The van der Waals surface area contributed by atoms with Crippen LogP contribution in [0.4, 0.5) is 11.5 Å². The fourth-order valence-electron chi connectivity index (χ4n) is 4.30. The molecule has 0 unspecified atom stereocenters. The van der Waals surface area contributed by atoms with Crippen molar-refractivity contribution < 1.29 is 9.59 Å². The summed E-state index contributed by atoms with van der Waals surface area (Å²) in [7, 11) is 0. The number of amides is 2. The molecule has 0 bridgehead atoms. The maximum atomic E-state index is 12.9. The van der Waals surface area contributed by atoms with E-state index < -0.39 is 0 Å². The molecule has 4 aromatic rings. The second-order valence-electron chi connectivity index (χ2n) is 9.76. The molecule has 0 spiro atoms. The molecule has 184 valence electrons. The van der Waals surface area contributed by atoms with Crippen LogP contribution in [0.1, 0.15) is 53.2 Å². The number of hydrogen-bond acceptors (Lipinski definition) is 6. The molecule has 2 N–H and O–H groups in total. The Morgan fingerprint density at radius 3 is 2.54 bits per heavy atom. The molecule has 0 radical (unpaired) electrons. The number of aromatic nitrogens is 4. The summed E-state index contributed by atoms with van der Waals surface area (Å²) in [5.41, 5.74) is 6.80. The van der Waals surface area contributed by atoms with Crippen LogP contribution in [0.2, 0.25) is 0 Å². The topological polar surface area (TPSA) is 110 Å². The van der Waals surface area contributed by atoms with Gasteiger partial charge in [0.2, 0.25) is 5.91 Å². The van der Waals surface area contributed by atoms with Crippen molar-refractivity contribution in [2.75, 3.05) is 10.6 Å².